The molecule has 27 heavy (non-hydrogen) atoms. The lowest BCUT2D eigenvalue weighted by atomic mass is 10.1. The van der Waals surface area contributed by atoms with Crippen LogP contribution < -0.4 is 9.64 Å². The molecule has 1 aromatic heterocycles. The van der Waals surface area contributed by atoms with Gasteiger partial charge in [0, 0.05) is 24.7 Å². The number of hydrogen-bond acceptors (Lipinski definition) is 5. The molecular weight excluding hydrogens is 356 g/mol. The number of hydrogen-bond donors (Lipinski definition) is 0. The molecule has 1 saturated heterocycles. The van der Waals surface area contributed by atoms with Gasteiger partial charge in [-0.2, -0.15) is 4.98 Å². The van der Waals surface area contributed by atoms with Gasteiger partial charge in [0.1, 0.15) is 17.4 Å². The van der Waals surface area contributed by atoms with Gasteiger partial charge in [-0.1, -0.05) is 17.3 Å². The molecule has 1 fully saturated rings. The van der Waals surface area contributed by atoms with E-state index in [4.69, 9.17) is 9.26 Å². The fraction of sp³-hybridized carbons (Fsp3) is 0.211. The molecule has 0 saturated carbocycles. The normalized spacial score (nSPS) is 16.8. The standard InChI is InChI=1S/C19H15F2N3O3/c1-26-16-5-3-2-4-15(16)18-22-19(27-23-18)11-6-17(25)24(10-11)14-8-12(20)7-13(21)9-14/h2-5,7-9,11H,6,10H2,1H3. The van der Waals surface area contributed by atoms with E-state index < -0.39 is 11.6 Å². The number of rotatable bonds is 4. The summed E-state index contributed by atoms with van der Waals surface area (Å²) >= 11 is 0. The largest absolute Gasteiger partial charge is 0.496 e. The second kappa shape index (κ2) is 6.79. The van der Waals surface area contributed by atoms with Gasteiger partial charge < -0.3 is 14.2 Å². The second-order valence-corrected chi connectivity index (χ2v) is 6.19. The van der Waals surface area contributed by atoms with Gasteiger partial charge in [-0.25, -0.2) is 8.78 Å². The first kappa shape index (κ1) is 17.1. The lowest BCUT2D eigenvalue weighted by Gasteiger charge is -2.16. The highest BCUT2D eigenvalue weighted by atomic mass is 19.1. The van der Waals surface area contributed by atoms with Crippen LogP contribution in [-0.2, 0) is 4.79 Å². The molecule has 1 aliphatic heterocycles. The van der Waals surface area contributed by atoms with Crippen molar-refractivity contribution in [3.05, 3.63) is 60.0 Å². The van der Waals surface area contributed by atoms with Gasteiger partial charge in [0.05, 0.1) is 18.6 Å². The number of nitrogens with zero attached hydrogens (tertiary/aromatic N) is 3. The van der Waals surface area contributed by atoms with Crippen LogP contribution in [0.1, 0.15) is 18.2 Å². The molecule has 8 heteroatoms. The number of ether oxygens (including phenoxy) is 1. The summed E-state index contributed by atoms with van der Waals surface area (Å²) in [5.41, 5.74) is 0.841. The monoisotopic (exact) mass is 371 g/mol. The number of amides is 1. The molecule has 0 radical (unpaired) electrons. The topological polar surface area (TPSA) is 68.5 Å². The molecule has 138 valence electrons. The number of anilines is 1. The molecule has 1 unspecified atom stereocenters. The Hall–Kier alpha value is -3.29. The minimum absolute atomic E-state index is 0.117. The van der Waals surface area contributed by atoms with Crippen molar-refractivity contribution < 1.29 is 22.8 Å². The average molecular weight is 371 g/mol. The van der Waals surface area contributed by atoms with Gasteiger partial charge in [0.25, 0.3) is 0 Å². The van der Waals surface area contributed by atoms with Crippen molar-refractivity contribution in [1.82, 2.24) is 10.1 Å². The van der Waals surface area contributed by atoms with Crippen LogP contribution in [0.4, 0.5) is 14.5 Å². The maximum absolute atomic E-state index is 13.5. The van der Waals surface area contributed by atoms with Gasteiger partial charge in [-0.15, -0.1) is 0 Å². The summed E-state index contributed by atoms with van der Waals surface area (Å²) in [5.74, 6) is -0.852. The maximum atomic E-state index is 13.5. The third-order valence-corrected chi connectivity index (χ3v) is 4.42. The molecule has 1 aliphatic rings. The van der Waals surface area contributed by atoms with Crippen LogP contribution in [0.3, 0.4) is 0 Å². The first-order valence-electron chi connectivity index (χ1n) is 8.28. The Labute approximate surface area is 153 Å². The lowest BCUT2D eigenvalue weighted by molar-refractivity contribution is -0.117. The van der Waals surface area contributed by atoms with E-state index >= 15 is 0 Å². The molecule has 0 aliphatic carbocycles. The first-order chi connectivity index (χ1) is 13.0. The molecule has 0 spiro atoms. The number of carbonyl (C=O) groups is 1. The Kier molecular flexibility index (Phi) is 4.31. The van der Waals surface area contributed by atoms with Crippen molar-refractivity contribution >= 4 is 11.6 Å². The highest BCUT2D eigenvalue weighted by Gasteiger charge is 2.35. The molecule has 2 heterocycles. The van der Waals surface area contributed by atoms with Crippen molar-refractivity contribution in [1.29, 1.82) is 0 Å². The third-order valence-electron chi connectivity index (χ3n) is 4.42. The number of methoxy groups -OCH3 is 1. The predicted octanol–water partition coefficient (Wildman–Crippen LogP) is 3.54. The molecule has 2 aromatic carbocycles. The fourth-order valence-corrected chi connectivity index (χ4v) is 3.16. The molecular formula is C19H15F2N3O3. The maximum Gasteiger partial charge on any atom is 0.232 e. The molecule has 4 rings (SSSR count). The van der Waals surface area contributed by atoms with E-state index in [-0.39, 0.29) is 30.5 Å². The lowest BCUT2D eigenvalue weighted by Crippen LogP contribution is -2.24. The van der Waals surface area contributed by atoms with Crippen LogP contribution in [0, 0.1) is 11.6 Å². The van der Waals surface area contributed by atoms with Crippen LogP contribution in [0.25, 0.3) is 11.4 Å². The summed E-state index contributed by atoms with van der Waals surface area (Å²) in [6.07, 6.45) is 0.117. The first-order valence-corrected chi connectivity index (χ1v) is 8.28. The smallest absolute Gasteiger partial charge is 0.232 e. The zero-order valence-corrected chi connectivity index (χ0v) is 14.4. The molecule has 6 nitrogen and oxygen atoms in total. The summed E-state index contributed by atoms with van der Waals surface area (Å²) in [6.45, 7) is 0.204. The van der Waals surface area contributed by atoms with E-state index in [1.807, 2.05) is 12.1 Å². The van der Waals surface area contributed by atoms with Crippen molar-refractivity contribution in [2.45, 2.75) is 12.3 Å². The number of carbonyl (C=O) groups excluding carboxylic acids is 1. The quantitative estimate of drug-likeness (QED) is 0.702. The highest BCUT2D eigenvalue weighted by molar-refractivity contribution is 5.96. The van der Waals surface area contributed by atoms with Crippen LogP contribution in [0.2, 0.25) is 0 Å². The van der Waals surface area contributed by atoms with Gasteiger partial charge in [0.15, 0.2) is 0 Å². The number of para-hydroxylation sites is 1. The SMILES string of the molecule is COc1ccccc1-c1noc(C2CC(=O)N(c3cc(F)cc(F)c3)C2)n1. The Bertz CT molecular complexity index is 985. The van der Waals surface area contributed by atoms with E-state index in [0.717, 1.165) is 18.2 Å². The van der Waals surface area contributed by atoms with Gasteiger partial charge in [-0.05, 0) is 24.3 Å². The average Bonchev–Trinajstić information content (AvgIpc) is 3.27. The molecule has 1 amide bonds. The summed E-state index contributed by atoms with van der Waals surface area (Å²) in [5, 5.41) is 3.97. The minimum atomic E-state index is -0.738. The van der Waals surface area contributed by atoms with Gasteiger partial charge in [-0.3, -0.25) is 4.79 Å². The van der Waals surface area contributed by atoms with E-state index in [9.17, 15) is 13.6 Å². The number of aromatic nitrogens is 2. The van der Waals surface area contributed by atoms with E-state index in [0.29, 0.717) is 23.0 Å². The Morgan fingerprint density at radius 3 is 2.67 bits per heavy atom. The fourth-order valence-electron chi connectivity index (χ4n) is 3.16. The van der Waals surface area contributed by atoms with Gasteiger partial charge >= 0.3 is 0 Å². The van der Waals surface area contributed by atoms with Gasteiger partial charge in [0.2, 0.25) is 17.6 Å². The number of halogens is 2. The summed E-state index contributed by atoms with van der Waals surface area (Å²) in [7, 11) is 1.55. The second-order valence-electron chi connectivity index (χ2n) is 6.19. The van der Waals surface area contributed by atoms with Crippen molar-refractivity contribution in [3.63, 3.8) is 0 Å². The minimum Gasteiger partial charge on any atom is -0.496 e. The Morgan fingerprint density at radius 1 is 1.19 bits per heavy atom. The molecule has 1 atom stereocenters. The highest BCUT2D eigenvalue weighted by Crippen LogP contribution is 2.34. The summed E-state index contributed by atoms with van der Waals surface area (Å²) < 4.78 is 37.6. The van der Waals surface area contributed by atoms with Crippen LogP contribution in [-0.4, -0.2) is 29.7 Å². The van der Waals surface area contributed by atoms with Crippen LogP contribution in [0.15, 0.2) is 47.0 Å². The summed E-state index contributed by atoms with van der Waals surface area (Å²) in [6, 6.07) is 10.2. The van der Waals surface area contributed by atoms with Crippen molar-refractivity contribution in [3.8, 4) is 17.1 Å². The third kappa shape index (κ3) is 3.25. The number of benzene rings is 2. The zero-order valence-electron chi connectivity index (χ0n) is 14.4. The molecule has 3 aromatic rings. The van der Waals surface area contributed by atoms with Crippen molar-refractivity contribution in [2.24, 2.45) is 0 Å². The van der Waals surface area contributed by atoms with Crippen LogP contribution >= 0.6 is 0 Å². The molecule has 0 bridgehead atoms. The Morgan fingerprint density at radius 2 is 1.93 bits per heavy atom. The zero-order chi connectivity index (χ0) is 19.0. The van der Waals surface area contributed by atoms with E-state index in [1.54, 1.807) is 19.2 Å². The van der Waals surface area contributed by atoms with Crippen LogP contribution in [0.5, 0.6) is 5.75 Å². The van der Waals surface area contributed by atoms with Crippen molar-refractivity contribution in [2.75, 3.05) is 18.6 Å². The Balaban J connectivity index is 1.59. The van der Waals surface area contributed by atoms with E-state index in [1.165, 1.54) is 4.90 Å². The predicted molar refractivity (Wildman–Crippen MR) is 92.4 cm³/mol. The molecule has 0 N–H and O–H groups in total. The van der Waals surface area contributed by atoms with E-state index in [2.05, 4.69) is 10.1 Å². The summed E-state index contributed by atoms with van der Waals surface area (Å²) in [4.78, 5) is 18.0.